The van der Waals surface area contributed by atoms with E-state index < -0.39 is 11.9 Å². The van der Waals surface area contributed by atoms with Crippen LogP contribution in [0.5, 0.6) is 5.75 Å². The van der Waals surface area contributed by atoms with Crippen molar-refractivity contribution in [3.05, 3.63) is 82.9 Å². The molecular weight excluding hydrogens is 534 g/mol. The molecule has 10 heteroatoms. The molecule has 9 nitrogen and oxygen atoms in total. The van der Waals surface area contributed by atoms with Crippen molar-refractivity contribution >= 4 is 46.5 Å². The van der Waals surface area contributed by atoms with E-state index in [9.17, 15) is 4.79 Å². The summed E-state index contributed by atoms with van der Waals surface area (Å²) < 4.78 is 5.53. The number of anilines is 3. The van der Waals surface area contributed by atoms with E-state index in [0.717, 1.165) is 68.4 Å². The number of benzene rings is 3. The molecule has 0 saturated carbocycles. The molecule has 0 bridgehead atoms. The smallest absolute Gasteiger partial charge is 0.414 e. The van der Waals surface area contributed by atoms with Gasteiger partial charge in [0.15, 0.2) is 0 Å². The van der Waals surface area contributed by atoms with Gasteiger partial charge in [0.2, 0.25) is 5.91 Å². The first-order valence-electron chi connectivity index (χ1n) is 13.0. The van der Waals surface area contributed by atoms with Gasteiger partial charge in [0.25, 0.3) is 0 Å². The van der Waals surface area contributed by atoms with Crippen LogP contribution in [0.2, 0.25) is 5.02 Å². The van der Waals surface area contributed by atoms with Crippen LogP contribution in [0.1, 0.15) is 17.5 Å². The van der Waals surface area contributed by atoms with Crippen molar-refractivity contribution in [1.29, 1.82) is 0 Å². The Bertz CT molecular complexity index is 1360. The molecule has 3 aromatic carbocycles. The molecule has 1 fully saturated rings. The Hall–Kier alpha value is -4.08. The van der Waals surface area contributed by atoms with Crippen molar-refractivity contribution < 1.29 is 29.3 Å². The molecule has 0 atom stereocenters. The maximum atomic E-state index is 13.6. The highest BCUT2D eigenvalue weighted by atomic mass is 35.5. The van der Waals surface area contributed by atoms with E-state index in [2.05, 4.69) is 34.1 Å². The summed E-state index contributed by atoms with van der Waals surface area (Å²) in [6.07, 6.45) is 2.28. The summed E-state index contributed by atoms with van der Waals surface area (Å²) in [5, 5.41) is 15.4. The monoisotopic (exact) mass is 565 g/mol. The summed E-state index contributed by atoms with van der Waals surface area (Å²) in [5.74, 6) is -2.63. The van der Waals surface area contributed by atoms with Crippen molar-refractivity contribution in [2.75, 3.05) is 49.6 Å². The Balaban J connectivity index is 0.000000557. The molecule has 0 aromatic heterocycles. The van der Waals surface area contributed by atoms with Crippen molar-refractivity contribution in [3.63, 3.8) is 0 Å². The van der Waals surface area contributed by atoms with Crippen LogP contribution in [0, 0.1) is 0 Å². The van der Waals surface area contributed by atoms with E-state index in [-0.39, 0.29) is 5.91 Å². The molecule has 0 aliphatic carbocycles. The van der Waals surface area contributed by atoms with Crippen molar-refractivity contribution in [3.8, 4) is 5.75 Å². The van der Waals surface area contributed by atoms with E-state index in [1.54, 1.807) is 7.11 Å². The fourth-order valence-electron chi connectivity index (χ4n) is 5.03. The number of methoxy groups -OCH3 is 1. The van der Waals surface area contributed by atoms with Gasteiger partial charge in [-0.3, -0.25) is 14.6 Å². The molecule has 3 aromatic rings. The summed E-state index contributed by atoms with van der Waals surface area (Å²) in [7, 11) is 1.72. The number of hydrogen-bond acceptors (Lipinski definition) is 6. The predicted molar refractivity (Wildman–Crippen MR) is 154 cm³/mol. The lowest BCUT2D eigenvalue weighted by molar-refractivity contribution is -0.159. The van der Waals surface area contributed by atoms with Crippen LogP contribution in [0.15, 0.2) is 66.7 Å². The number of nitrogens with zero attached hydrogens (tertiary/aromatic N) is 3. The number of rotatable bonds is 5. The Kier molecular flexibility index (Phi) is 9.63. The molecule has 2 aliphatic rings. The Morgan fingerprint density at radius 2 is 1.40 bits per heavy atom. The Labute approximate surface area is 238 Å². The van der Waals surface area contributed by atoms with Gasteiger partial charge in [0.1, 0.15) is 5.75 Å². The van der Waals surface area contributed by atoms with Gasteiger partial charge in [-0.15, -0.1) is 0 Å². The van der Waals surface area contributed by atoms with E-state index in [0.29, 0.717) is 11.4 Å². The molecule has 0 spiro atoms. The Morgan fingerprint density at radius 1 is 0.800 bits per heavy atom. The molecule has 0 radical (unpaired) electrons. The average Bonchev–Trinajstić information content (AvgIpc) is 3.13. The van der Waals surface area contributed by atoms with E-state index in [4.69, 9.17) is 36.1 Å². The summed E-state index contributed by atoms with van der Waals surface area (Å²) >= 11 is 6.35. The summed E-state index contributed by atoms with van der Waals surface area (Å²) in [5.41, 5.74) is 5.40. The second kappa shape index (κ2) is 13.3. The van der Waals surface area contributed by atoms with Gasteiger partial charge in [-0.05, 0) is 54.3 Å². The number of carboxylic acids is 2. The van der Waals surface area contributed by atoms with Gasteiger partial charge >= 0.3 is 11.9 Å². The quantitative estimate of drug-likeness (QED) is 0.436. The number of amides is 1. The highest BCUT2D eigenvalue weighted by Gasteiger charge is 2.27. The van der Waals surface area contributed by atoms with E-state index in [1.807, 2.05) is 47.4 Å². The minimum Gasteiger partial charge on any atom is -0.495 e. The van der Waals surface area contributed by atoms with Gasteiger partial charge in [0.05, 0.1) is 24.2 Å². The summed E-state index contributed by atoms with van der Waals surface area (Å²) in [6.45, 7) is 4.42. The number of fused-ring (bicyclic) bond motifs is 2. The number of hydrogen-bond donors (Lipinski definition) is 2. The number of carbonyl (C=O) groups is 3. The van der Waals surface area contributed by atoms with Crippen LogP contribution < -0.4 is 14.5 Å². The first kappa shape index (κ1) is 28.9. The average molecular weight is 566 g/mol. The minimum absolute atomic E-state index is 0.116. The molecular formula is C30H32ClN3O6. The van der Waals surface area contributed by atoms with Gasteiger partial charge in [0, 0.05) is 44.2 Å². The van der Waals surface area contributed by atoms with Crippen LogP contribution in [0.25, 0.3) is 0 Å². The van der Waals surface area contributed by atoms with E-state index in [1.165, 1.54) is 11.1 Å². The zero-order chi connectivity index (χ0) is 28.6. The van der Waals surface area contributed by atoms with Gasteiger partial charge in [-0.25, -0.2) is 9.59 Å². The normalized spacial score (nSPS) is 14.7. The highest BCUT2D eigenvalue weighted by Crippen LogP contribution is 2.38. The first-order valence-corrected chi connectivity index (χ1v) is 13.4. The highest BCUT2D eigenvalue weighted by molar-refractivity contribution is 6.31. The van der Waals surface area contributed by atoms with Crippen LogP contribution in [0.3, 0.4) is 0 Å². The molecule has 40 heavy (non-hydrogen) atoms. The number of ether oxygens (including phenoxy) is 1. The predicted octanol–water partition coefficient (Wildman–Crippen LogP) is 4.48. The van der Waals surface area contributed by atoms with Crippen molar-refractivity contribution in [2.45, 2.75) is 19.3 Å². The van der Waals surface area contributed by atoms with Gasteiger partial charge in [-0.1, -0.05) is 48.0 Å². The number of aliphatic carboxylic acids is 2. The number of halogens is 1. The van der Waals surface area contributed by atoms with Crippen molar-refractivity contribution in [1.82, 2.24) is 4.90 Å². The number of carbonyl (C=O) groups excluding carboxylic acids is 1. The second-order valence-electron chi connectivity index (χ2n) is 9.49. The van der Waals surface area contributed by atoms with Crippen LogP contribution >= 0.6 is 11.6 Å². The topological polar surface area (TPSA) is 111 Å². The largest absolute Gasteiger partial charge is 0.495 e. The molecule has 210 valence electrons. The fourth-order valence-corrected chi connectivity index (χ4v) is 5.20. The number of carboxylic acid groups (broad SMARTS) is 2. The van der Waals surface area contributed by atoms with Gasteiger partial charge < -0.3 is 19.8 Å². The lowest BCUT2D eigenvalue weighted by Crippen LogP contribution is -2.47. The molecule has 2 N–H and O–H groups in total. The maximum absolute atomic E-state index is 13.6. The molecule has 1 saturated heterocycles. The van der Waals surface area contributed by atoms with Crippen LogP contribution in [-0.4, -0.2) is 72.8 Å². The Morgan fingerprint density at radius 3 is 2.05 bits per heavy atom. The zero-order valence-corrected chi connectivity index (χ0v) is 23.0. The maximum Gasteiger partial charge on any atom is 0.414 e. The summed E-state index contributed by atoms with van der Waals surface area (Å²) in [6, 6.07) is 22.3. The number of aryl methyl sites for hydroxylation is 2. The molecule has 5 rings (SSSR count). The number of para-hydroxylation sites is 3. The number of piperazine rings is 1. The van der Waals surface area contributed by atoms with Crippen molar-refractivity contribution in [2.24, 2.45) is 0 Å². The molecule has 0 unspecified atom stereocenters. The third-order valence-electron chi connectivity index (χ3n) is 7.06. The van der Waals surface area contributed by atoms with Crippen LogP contribution in [-0.2, 0) is 27.2 Å². The van der Waals surface area contributed by atoms with Crippen LogP contribution in [0.4, 0.5) is 17.1 Å². The summed E-state index contributed by atoms with van der Waals surface area (Å²) in [4.78, 5) is 38.5. The SMILES string of the molecule is COc1ccccc1N1CCN(CCC(=O)N2c3ccccc3CCc3ccc(Cl)cc32)CC1.O=C(O)C(=O)O. The molecule has 1 amide bonds. The third-order valence-corrected chi connectivity index (χ3v) is 7.29. The third kappa shape index (κ3) is 6.91. The first-order chi connectivity index (χ1) is 19.3. The van der Waals surface area contributed by atoms with E-state index >= 15 is 0 Å². The standard InChI is InChI=1S/C28H30ClN3O2.C2H2O4/c1-34-27-9-5-4-8-25(27)31-18-16-30(17-19-31)15-14-28(33)32-24-7-3-2-6-21(24)10-11-22-12-13-23(29)20-26(22)32;3-1(4)2(5)6/h2-9,12-13,20H,10-11,14-19H2,1H3;(H,3,4)(H,5,6). The second-order valence-corrected chi connectivity index (χ2v) is 9.93. The fraction of sp³-hybridized carbons (Fsp3) is 0.300. The lowest BCUT2D eigenvalue weighted by Gasteiger charge is -2.36. The minimum atomic E-state index is -1.82. The lowest BCUT2D eigenvalue weighted by atomic mass is 10.0. The molecule has 2 aliphatic heterocycles. The zero-order valence-electron chi connectivity index (χ0n) is 22.3. The molecule has 2 heterocycles. The van der Waals surface area contributed by atoms with Gasteiger partial charge in [-0.2, -0.15) is 0 Å².